The van der Waals surface area contributed by atoms with Crippen LogP contribution in [0.3, 0.4) is 0 Å². The van der Waals surface area contributed by atoms with E-state index in [1.807, 2.05) is 12.1 Å². The number of rotatable bonds is 5. The van der Waals surface area contributed by atoms with E-state index >= 15 is 0 Å². The summed E-state index contributed by atoms with van der Waals surface area (Å²) in [6.07, 6.45) is 3.36. The molecule has 0 atom stereocenters. The summed E-state index contributed by atoms with van der Waals surface area (Å²) in [5.41, 5.74) is 3.21. The van der Waals surface area contributed by atoms with Crippen molar-refractivity contribution >= 4 is 51.2 Å². The van der Waals surface area contributed by atoms with Crippen LogP contribution in [0.5, 0.6) is 0 Å². The fourth-order valence-corrected chi connectivity index (χ4v) is 4.26. The van der Waals surface area contributed by atoms with Crippen molar-refractivity contribution in [3.63, 3.8) is 0 Å². The minimum Gasteiger partial charge on any atom is -0.353 e. The zero-order valence-corrected chi connectivity index (χ0v) is 18.5. The summed E-state index contributed by atoms with van der Waals surface area (Å²) in [6, 6.07) is 18.9. The fourth-order valence-electron chi connectivity index (χ4n) is 3.90. The number of nitrogens with one attached hydrogen (secondary N) is 1. The molecule has 2 aromatic heterocycles. The summed E-state index contributed by atoms with van der Waals surface area (Å²) in [6.45, 7) is 1.87. The molecule has 5 rings (SSSR count). The highest BCUT2D eigenvalue weighted by atomic mass is 127. The molecule has 7 nitrogen and oxygen atoms in total. The van der Waals surface area contributed by atoms with Crippen LogP contribution in [0.2, 0.25) is 0 Å². The summed E-state index contributed by atoms with van der Waals surface area (Å²) in [5, 5.41) is 11.2. The van der Waals surface area contributed by atoms with Gasteiger partial charge in [0.2, 0.25) is 11.3 Å². The van der Waals surface area contributed by atoms with E-state index in [-0.39, 0.29) is 0 Å². The Bertz CT molecular complexity index is 1120. The van der Waals surface area contributed by atoms with Crippen LogP contribution in [0.4, 0.5) is 17.3 Å². The third-order valence-corrected chi connectivity index (χ3v) is 6.20. The monoisotopic (exact) mass is 512 g/mol. The number of benzene rings is 2. The molecule has 152 valence electrons. The van der Waals surface area contributed by atoms with Crippen LogP contribution < -0.4 is 10.2 Å². The van der Waals surface area contributed by atoms with Crippen molar-refractivity contribution in [3.8, 4) is 0 Å². The van der Waals surface area contributed by atoms with E-state index in [0.29, 0.717) is 23.0 Å². The van der Waals surface area contributed by atoms with Gasteiger partial charge in [0.25, 0.3) is 0 Å². The Kier molecular flexibility index (Phi) is 5.48. The first-order valence-corrected chi connectivity index (χ1v) is 11.1. The number of aromatic nitrogens is 4. The van der Waals surface area contributed by atoms with Gasteiger partial charge in [0, 0.05) is 22.3 Å². The molecule has 0 bridgehead atoms. The van der Waals surface area contributed by atoms with Crippen LogP contribution in [-0.4, -0.2) is 33.4 Å². The lowest BCUT2D eigenvalue weighted by atomic mass is 9.90. The summed E-state index contributed by atoms with van der Waals surface area (Å²) in [4.78, 5) is 11.6. The molecule has 1 saturated heterocycles. The number of anilines is 3. The van der Waals surface area contributed by atoms with E-state index in [1.54, 1.807) is 0 Å². The minimum absolute atomic E-state index is 0.408. The van der Waals surface area contributed by atoms with Crippen LogP contribution in [0, 0.1) is 9.49 Å². The third kappa shape index (κ3) is 4.23. The Balaban J connectivity index is 1.36. The second-order valence-electron chi connectivity index (χ2n) is 7.56. The Morgan fingerprint density at radius 1 is 0.933 bits per heavy atom. The Labute approximate surface area is 188 Å². The number of hydrogen-bond donors (Lipinski definition) is 1. The maximum Gasteiger partial charge on any atom is 0.245 e. The number of hydrogen-bond acceptors (Lipinski definition) is 7. The summed E-state index contributed by atoms with van der Waals surface area (Å²) >= 11 is 2.29. The summed E-state index contributed by atoms with van der Waals surface area (Å²) in [7, 11) is 0. The molecule has 0 spiro atoms. The molecule has 1 fully saturated rings. The van der Waals surface area contributed by atoms with Gasteiger partial charge >= 0.3 is 0 Å². The van der Waals surface area contributed by atoms with E-state index in [1.165, 1.54) is 9.13 Å². The lowest BCUT2D eigenvalue weighted by molar-refractivity contribution is 0.314. The Hall–Kier alpha value is -2.75. The van der Waals surface area contributed by atoms with Gasteiger partial charge in [0.15, 0.2) is 11.6 Å². The maximum absolute atomic E-state index is 4.84. The molecular formula is C22H21IN6O. The third-order valence-electron chi connectivity index (χ3n) is 5.48. The highest BCUT2D eigenvalue weighted by Crippen LogP contribution is 2.31. The molecule has 0 unspecified atom stereocenters. The fraction of sp³-hybridized carbons (Fsp3) is 0.273. The van der Waals surface area contributed by atoms with Gasteiger partial charge in [-0.25, -0.2) is 14.6 Å². The lowest BCUT2D eigenvalue weighted by Crippen LogP contribution is -2.35. The van der Waals surface area contributed by atoms with Crippen LogP contribution in [-0.2, 0) is 6.42 Å². The molecular weight excluding hydrogens is 491 g/mol. The summed E-state index contributed by atoms with van der Waals surface area (Å²) < 4.78 is 6.02. The normalized spacial score (nSPS) is 14.9. The smallest absolute Gasteiger partial charge is 0.245 e. The average molecular weight is 512 g/mol. The lowest BCUT2D eigenvalue weighted by Gasteiger charge is -2.33. The van der Waals surface area contributed by atoms with Crippen LogP contribution in [0.25, 0.3) is 11.3 Å². The van der Waals surface area contributed by atoms with E-state index < -0.39 is 0 Å². The average Bonchev–Trinajstić information content (AvgIpc) is 3.24. The van der Waals surface area contributed by atoms with E-state index in [9.17, 15) is 0 Å². The Morgan fingerprint density at radius 3 is 2.37 bits per heavy atom. The van der Waals surface area contributed by atoms with E-state index in [4.69, 9.17) is 9.61 Å². The number of piperidine rings is 1. The first kappa shape index (κ1) is 19.2. The second kappa shape index (κ2) is 8.55. The van der Waals surface area contributed by atoms with E-state index in [0.717, 1.165) is 43.9 Å². The largest absolute Gasteiger partial charge is 0.353 e. The number of fused-ring (bicyclic) bond motifs is 1. The van der Waals surface area contributed by atoms with Gasteiger partial charge in [-0.1, -0.05) is 30.3 Å². The van der Waals surface area contributed by atoms with Crippen molar-refractivity contribution in [3.05, 3.63) is 63.7 Å². The summed E-state index contributed by atoms with van der Waals surface area (Å²) in [5.74, 6) is 2.16. The zero-order valence-electron chi connectivity index (χ0n) is 16.3. The quantitative estimate of drug-likeness (QED) is 0.384. The second-order valence-corrected chi connectivity index (χ2v) is 8.80. The highest BCUT2D eigenvalue weighted by Gasteiger charge is 2.24. The van der Waals surface area contributed by atoms with Gasteiger partial charge in [-0.3, -0.25) is 0 Å². The predicted molar refractivity (Wildman–Crippen MR) is 125 cm³/mol. The zero-order chi connectivity index (χ0) is 20.3. The molecule has 8 heteroatoms. The molecule has 0 aliphatic carbocycles. The van der Waals surface area contributed by atoms with Crippen LogP contribution in [0.1, 0.15) is 18.4 Å². The van der Waals surface area contributed by atoms with Crippen molar-refractivity contribution in [2.24, 2.45) is 5.92 Å². The highest BCUT2D eigenvalue weighted by molar-refractivity contribution is 14.1. The standard InChI is InChI=1S/C22H21IN6O/c23-17-6-8-18(9-7-17)24-21-22(26-20-19(25-21)27-30-28-20)29-12-10-16(11-13-29)14-15-4-2-1-3-5-15/h1-9,16H,10-14H2,(H,24,25,27). The molecule has 1 N–H and O–H groups in total. The van der Waals surface area contributed by atoms with Crippen molar-refractivity contribution in [1.82, 2.24) is 20.3 Å². The topological polar surface area (TPSA) is 80.0 Å². The molecule has 2 aromatic carbocycles. The van der Waals surface area contributed by atoms with Crippen LogP contribution >= 0.6 is 22.6 Å². The molecule has 1 aliphatic heterocycles. The molecule has 4 aromatic rings. The van der Waals surface area contributed by atoms with Crippen molar-refractivity contribution in [2.75, 3.05) is 23.3 Å². The van der Waals surface area contributed by atoms with Crippen molar-refractivity contribution in [2.45, 2.75) is 19.3 Å². The number of halogens is 1. The molecule has 30 heavy (non-hydrogen) atoms. The molecule has 3 heterocycles. The van der Waals surface area contributed by atoms with Gasteiger partial charge < -0.3 is 10.2 Å². The predicted octanol–water partition coefficient (Wildman–Crippen LogP) is 4.82. The van der Waals surface area contributed by atoms with E-state index in [2.05, 4.69) is 90.6 Å². The van der Waals surface area contributed by atoms with Gasteiger partial charge in [-0.15, -0.1) is 0 Å². The first-order valence-electron chi connectivity index (χ1n) is 10.1. The molecule has 0 saturated carbocycles. The van der Waals surface area contributed by atoms with Gasteiger partial charge in [-0.05, 0) is 87.9 Å². The maximum atomic E-state index is 4.84. The van der Waals surface area contributed by atoms with Crippen molar-refractivity contribution < 1.29 is 4.63 Å². The van der Waals surface area contributed by atoms with Crippen molar-refractivity contribution in [1.29, 1.82) is 0 Å². The first-order chi connectivity index (χ1) is 14.7. The Morgan fingerprint density at radius 2 is 1.63 bits per heavy atom. The van der Waals surface area contributed by atoms with Crippen LogP contribution in [0.15, 0.2) is 59.2 Å². The molecule has 0 radical (unpaired) electrons. The SMILES string of the molecule is Ic1ccc(Nc2nc3nonc3nc2N2CCC(Cc3ccccc3)CC2)cc1. The molecule has 0 amide bonds. The van der Waals surface area contributed by atoms with Gasteiger partial charge in [-0.2, -0.15) is 0 Å². The minimum atomic E-state index is 0.408. The van der Waals surface area contributed by atoms with Gasteiger partial charge in [0.05, 0.1) is 0 Å². The number of nitrogens with zero attached hydrogens (tertiary/aromatic N) is 5. The van der Waals surface area contributed by atoms with Gasteiger partial charge in [0.1, 0.15) is 0 Å². The molecule has 1 aliphatic rings.